The van der Waals surface area contributed by atoms with Crippen molar-refractivity contribution >= 4 is 0 Å². The molecule has 3 rings (SSSR count). The van der Waals surface area contributed by atoms with E-state index in [1.807, 2.05) is 0 Å². The number of rotatable bonds is 3. The number of piperidine rings is 2. The average molecular weight is 415 g/mol. The first kappa shape index (κ1) is 23.4. The molecule has 0 aliphatic carbocycles. The van der Waals surface area contributed by atoms with Gasteiger partial charge in [0.2, 0.25) is 0 Å². The van der Waals surface area contributed by atoms with Crippen molar-refractivity contribution in [3.8, 4) is 0 Å². The van der Waals surface area contributed by atoms with Crippen LogP contribution in [0.3, 0.4) is 0 Å². The molecule has 0 bridgehead atoms. The molecule has 0 N–H and O–H groups in total. The van der Waals surface area contributed by atoms with Crippen molar-refractivity contribution in [2.45, 2.75) is 83.8 Å². The van der Waals surface area contributed by atoms with Crippen LogP contribution in [-0.2, 0) is 0 Å². The zero-order chi connectivity index (χ0) is 21.4. The van der Waals surface area contributed by atoms with E-state index in [1.54, 1.807) is 0 Å². The summed E-state index contributed by atoms with van der Waals surface area (Å²) in [5.74, 6) is 0.0974. The van der Waals surface area contributed by atoms with Crippen LogP contribution < -0.4 is 0 Å². The summed E-state index contributed by atoms with van der Waals surface area (Å²) in [6, 6.07) is -0.108. The highest BCUT2D eigenvalue weighted by atomic mass is 19.1. The Labute approximate surface area is 177 Å². The molecule has 29 heavy (non-hydrogen) atoms. The Morgan fingerprint density at radius 1 is 0.690 bits per heavy atom. The number of nitrogens with zero attached hydrogens (tertiary/aromatic N) is 4. The van der Waals surface area contributed by atoms with E-state index in [0.717, 1.165) is 58.7 Å². The fourth-order valence-corrected chi connectivity index (χ4v) is 5.33. The molecule has 3 aliphatic rings. The van der Waals surface area contributed by atoms with Gasteiger partial charge in [-0.05, 0) is 60.9 Å². The zero-order valence-electron chi connectivity index (χ0n) is 19.6. The lowest BCUT2D eigenvalue weighted by Crippen LogP contribution is -2.60. The molecule has 0 amide bonds. The van der Waals surface area contributed by atoms with Gasteiger partial charge < -0.3 is 4.90 Å². The quantitative estimate of drug-likeness (QED) is 0.703. The van der Waals surface area contributed by atoms with Gasteiger partial charge in [-0.25, -0.2) is 8.78 Å². The molecule has 0 aromatic heterocycles. The van der Waals surface area contributed by atoms with Crippen LogP contribution in [0.5, 0.6) is 0 Å². The summed E-state index contributed by atoms with van der Waals surface area (Å²) in [5.41, 5.74) is 0.216. The van der Waals surface area contributed by atoms with E-state index in [0.29, 0.717) is 13.1 Å². The Morgan fingerprint density at radius 2 is 1.31 bits per heavy atom. The van der Waals surface area contributed by atoms with E-state index >= 15 is 4.39 Å². The van der Waals surface area contributed by atoms with E-state index in [1.165, 1.54) is 0 Å². The van der Waals surface area contributed by atoms with Crippen LogP contribution in [0, 0.1) is 5.92 Å². The minimum atomic E-state index is -0.878. The van der Waals surface area contributed by atoms with Crippen molar-refractivity contribution in [3.05, 3.63) is 0 Å². The fraction of sp³-hybridized carbons (Fsp3) is 1.00. The second kappa shape index (κ2) is 9.05. The average Bonchev–Trinajstić information content (AvgIpc) is 2.62. The lowest BCUT2D eigenvalue weighted by molar-refractivity contribution is -0.0353. The smallest absolute Gasteiger partial charge is 0.128 e. The maximum atomic E-state index is 15.1. The molecule has 0 aromatic rings. The standard InChI is InChI=1S/C23H44F2N4/c1-22(2,3)28-13-11-26(12-14-28)15-18-7-9-27(16-19(18)24)21-8-10-29(17-20(21)25)23(4,5)6/h18-21H,7-17H2,1-6H3. The number of piperazine rings is 1. The van der Waals surface area contributed by atoms with Gasteiger partial charge in [0.05, 0.1) is 0 Å². The van der Waals surface area contributed by atoms with Gasteiger partial charge in [0.1, 0.15) is 12.3 Å². The monoisotopic (exact) mass is 414 g/mol. The van der Waals surface area contributed by atoms with Crippen LogP contribution in [0.1, 0.15) is 54.4 Å². The van der Waals surface area contributed by atoms with Crippen LogP contribution in [0.15, 0.2) is 0 Å². The van der Waals surface area contributed by atoms with E-state index in [-0.39, 0.29) is 23.0 Å². The first-order valence-corrected chi connectivity index (χ1v) is 11.7. The molecule has 3 heterocycles. The van der Waals surface area contributed by atoms with Crippen molar-refractivity contribution in [1.29, 1.82) is 0 Å². The van der Waals surface area contributed by atoms with Crippen molar-refractivity contribution in [3.63, 3.8) is 0 Å². The summed E-state index contributed by atoms with van der Waals surface area (Å²) in [5, 5.41) is 0. The van der Waals surface area contributed by atoms with Crippen LogP contribution in [-0.4, -0.2) is 108 Å². The van der Waals surface area contributed by atoms with Crippen LogP contribution >= 0.6 is 0 Å². The lowest BCUT2D eigenvalue weighted by Gasteiger charge is -2.48. The molecule has 4 unspecified atom stereocenters. The van der Waals surface area contributed by atoms with Crippen molar-refractivity contribution in [2.75, 3.05) is 58.9 Å². The van der Waals surface area contributed by atoms with Crippen molar-refractivity contribution in [1.82, 2.24) is 19.6 Å². The molecule has 6 heteroatoms. The Bertz CT molecular complexity index is 522. The zero-order valence-corrected chi connectivity index (χ0v) is 19.6. The second-order valence-electron chi connectivity index (χ2n) is 11.5. The van der Waals surface area contributed by atoms with Gasteiger partial charge >= 0.3 is 0 Å². The van der Waals surface area contributed by atoms with Gasteiger partial charge in [-0.2, -0.15) is 0 Å². The highest BCUT2D eigenvalue weighted by Gasteiger charge is 2.41. The normalized spacial score (nSPS) is 35.2. The largest absolute Gasteiger partial charge is 0.300 e. The maximum Gasteiger partial charge on any atom is 0.128 e. The third-order valence-corrected chi connectivity index (χ3v) is 7.45. The van der Waals surface area contributed by atoms with Crippen LogP contribution in [0.25, 0.3) is 0 Å². The predicted molar refractivity (Wildman–Crippen MR) is 117 cm³/mol. The maximum absolute atomic E-state index is 15.1. The number of likely N-dealkylation sites (tertiary alicyclic amines) is 2. The Kier molecular flexibility index (Phi) is 7.30. The first-order chi connectivity index (χ1) is 13.4. The molecule has 0 spiro atoms. The minimum absolute atomic E-state index is 0.00193. The van der Waals surface area contributed by atoms with Gasteiger partial charge in [0.15, 0.2) is 0 Å². The number of hydrogen-bond donors (Lipinski definition) is 0. The predicted octanol–water partition coefficient (Wildman–Crippen LogP) is 3.27. The molecular formula is C23H44F2N4. The summed E-state index contributed by atoms with van der Waals surface area (Å²) in [6.45, 7) is 20.9. The lowest BCUT2D eigenvalue weighted by atomic mass is 9.90. The number of hydrogen-bond acceptors (Lipinski definition) is 4. The van der Waals surface area contributed by atoms with Gasteiger partial charge in [-0.15, -0.1) is 0 Å². The SMILES string of the molecule is CC(C)(C)N1CCN(CC2CCN(C3CCN(C(C)(C)C)CC3F)CC2F)CC1. The van der Waals surface area contributed by atoms with Gasteiger partial charge in [0, 0.05) is 75.4 Å². The van der Waals surface area contributed by atoms with Gasteiger partial charge in [-0.1, -0.05) is 0 Å². The molecule has 0 aromatic carbocycles. The third-order valence-electron chi connectivity index (χ3n) is 7.45. The summed E-state index contributed by atoms with van der Waals surface area (Å²) in [6.07, 6.45) is -0.0493. The van der Waals surface area contributed by atoms with Crippen LogP contribution in [0.2, 0.25) is 0 Å². The molecule has 170 valence electrons. The summed E-state index contributed by atoms with van der Waals surface area (Å²) in [4.78, 5) is 9.30. The van der Waals surface area contributed by atoms with Crippen molar-refractivity contribution in [2.24, 2.45) is 5.92 Å². The topological polar surface area (TPSA) is 13.0 Å². The number of halogens is 2. The van der Waals surface area contributed by atoms with Crippen LogP contribution in [0.4, 0.5) is 8.78 Å². The molecule has 4 nitrogen and oxygen atoms in total. The van der Waals surface area contributed by atoms with E-state index in [2.05, 4.69) is 61.1 Å². The first-order valence-electron chi connectivity index (χ1n) is 11.7. The minimum Gasteiger partial charge on any atom is -0.300 e. The second-order valence-corrected chi connectivity index (χ2v) is 11.5. The molecule has 3 saturated heterocycles. The molecule has 3 aliphatic heterocycles. The third kappa shape index (κ3) is 5.90. The molecule has 0 saturated carbocycles. The highest BCUT2D eigenvalue weighted by Crippen LogP contribution is 2.30. The Morgan fingerprint density at radius 3 is 1.83 bits per heavy atom. The van der Waals surface area contributed by atoms with E-state index in [9.17, 15) is 4.39 Å². The Balaban J connectivity index is 1.45. The fourth-order valence-electron chi connectivity index (χ4n) is 5.33. The van der Waals surface area contributed by atoms with E-state index in [4.69, 9.17) is 0 Å². The summed E-state index contributed by atoms with van der Waals surface area (Å²) >= 11 is 0. The van der Waals surface area contributed by atoms with E-state index < -0.39 is 12.3 Å². The number of alkyl halides is 2. The van der Waals surface area contributed by atoms with Gasteiger partial charge in [-0.3, -0.25) is 14.7 Å². The molecular weight excluding hydrogens is 370 g/mol. The molecule has 3 fully saturated rings. The molecule has 4 atom stereocenters. The Hall–Kier alpha value is -0.300. The molecule has 0 radical (unpaired) electrons. The highest BCUT2D eigenvalue weighted by molar-refractivity contribution is 4.95. The summed E-state index contributed by atoms with van der Waals surface area (Å²) < 4.78 is 30.0. The van der Waals surface area contributed by atoms with Gasteiger partial charge in [0.25, 0.3) is 0 Å². The summed E-state index contributed by atoms with van der Waals surface area (Å²) in [7, 11) is 0. The van der Waals surface area contributed by atoms with Crippen molar-refractivity contribution < 1.29 is 8.78 Å².